The third-order valence-electron chi connectivity index (χ3n) is 2.89. The summed E-state index contributed by atoms with van der Waals surface area (Å²) in [6.45, 7) is 0. The Kier molecular flexibility index (Phi) is 3.81. The molecule has 0 atom stereocenters. The first-order chi connectivity index (χ1) is 8.33. The van der Waals surface area contributed by atoms with Crippen molar-refractivity contribution in [1.29, 1.82) is 0 Å². The van der Waals surface area contributed by atoms with Crippen molar-refractivity contribution in [2.75, 3.05) is 14.2 Å². The lowest BCUT2D eigenvalue weighted by Crippen LogP contribution is -2.03. The summed E-state index contributed by atoms with van der Waals surface area (Å²) < 4.78 is 5.15. The van der Waals surface area contributed by atoms with Crippen molar-refractivity contribution >= 4 is 11.3 Å². The molecule has 17 heavy (non-hydrogen) atoms. The average molecular weight is 231 g/mol. The summed E-state index contributed by atoms with van der Waals surface area (Å²) in [5.41, 5.74) is 3.56. The molecule has 0 unspecified atom stereocenters. The molecule has 0 fully saturated rings. The van der Waals surface area contributed by atoms with Crippen LogP contribution in [0, 0.1) is 0 Å². The Morgan fingerprint density at radius 3 is 2.47 bits per heavy atom. The maximum absolute atomic E-state index is 5.15. The molecule has 1 aliphatic rings. The minimum Gasteiger partial charge on any atom is -0.497 e. The first-order valence-electron chi connectivity index (χ1n) is 5.78. The molecule has 3 nitrogen and oxygen atoms in total. The Labute approximate surface area is 102 Å². The summed E-state index contributed by atoms with van der Waals surface area (Å²) in [6.07, 6.45) is 5.33. The normalized spacial score (nSPS) is 17.8. The second-order valence-corrected chi connectivity index (χ2v) is 4.02. The molecule has 0 radical (unpaired) electrons. The maximum atomic E-state index is 5.15. The van der Waals surface area contributed by atoms with Gasteiger partial charge in [0.2, 0.25) is 0 Å². The van der Waals surface area contributed by atoms with Gasteiger partial charge < -0.3 is 9.57 Å². The Morgan fingerprint density at radius 2 is 1.82 bits per heavy atom. The molecule has 0 aliphatic heterocycles. The van der Waals surface area contributed by atoms with E-state index in [1.165, 1.54) is 11.1 Å². The molecular weight excluding hydrogens is 214 g/mol. The van der Waals surface area contributed by atoms with E-state index >= 15 is 0 Å². The number of ether oxygens (including phenoxy) is 1. The van der Waals surface area contributed by atoms with Crippen LogP contribution in [0.4, 0.5) is 0 Å². The average Bonchev–Trinajstić information content (AvgIpc) is 2.40. The number of methoxy groups -OCH3 is 1. The zero-order valence-electron chi connectivity index (χ0n) is 10.3. The molecule has 1 aliphatic carbocycles. The van der Waals surface area contributed by atoms with Crippen LogP contribution in [0.1, 0.15) is 24.8 Å². The van der Waals surface area contributed by atoms with Crippen molar-refractivity contribution in [3.63, 3.8) is 0 Å². The monoisotopic (exact) mass is 231 g/mol. The summed E-state index contributed by atoms with van der Waals surface area (Å²) >= 11 is 0. The largest absolute Gasteiger partial charge is 0.497 e. The summed E-state index contributed by atoms with van der Waals surface area (Å²) in [5.74, 6) is 0.885. The second-order valence-electron chi connectivity index (χ2n) is 4.02. The van der Waals surface area contributed by atoms with Crippen LogP contribution < -0.4 is 4.74 Å². The fraction of sp³-hybridized carbons (Fsp3) is 0.357. The lowest BCUT2D eigenvalue weighted by molar-refractivity contribution is 0.213. The topological polar surface area (TPSA) is 30.8 Å². The van der Waals surface area contributed by atoms with Gasteiger partial charge in [0, 0.05) is 0 Å². The van der Waals surface area contributed by atoms with Crippen molar-refractivity contribution in [1.82, 2.24) is 0 Å². The molecular formula is C14H17NO2. The highest BCUT2D eigenvalue weighted by Gasteiger charge is 2.10. The van der Waals surface area contributed by atoms with Gasteiger partial charge in [0.05, 0.1) is 12.8 Å². The van der Waals surface area contributed by atoms with Crippen LogP contribution in [-0.2, 0) is 4.84 Å². The smallest absolute Gasteiger partial charge is 0.118 e. The molecule has 0 heterocycles. The number of oxime groups is 1. The number of benzene rings is 1. The summed E-state index contributed by atoms with van der Waals surface area (Å²) in [5, 5.41) is 4.01. The minimum absolute atomic E-state index is 0.885. The van der Waals surface area contributed by atoms with E-state index in [1.54, 1.807) is 14.2 Å². The van der Waals surface area contributed by atoms with Crippen LogP contribution in [0.5, 0.6) is 5.75 Å². The van der Waals surface area contributed by atoms with Crippen LogP contribution in [-0.4, -0.2) is 19.9 Å². The molecule has 2 rings (SSSR count). The van der Waals surface area contributed by atoms with Gasteiger partial charge in [0.15, 0.2) is 0 Å². The molecule has 1 aromatic rings. The van der Waals surface area contributed by atoms with Gasteiger partial charge in [-0.1, -0.05) is 17.3 Å². The van der Waals surface area contributed by atoms with Crippen LogP contribution >= 0.6 is 0 Å². The fourth-order valence-corrected chi connectivity index (χ4v) is 2.03. The van der Waals surface area contributed by atoms with E-state index in [1.807, 2.05) is 12.1 Å². The zero-order chi connectivity index (χ0) is 12.1. The third kappa shape index (κ3) is 2.87. The minimum atomic E-state index is 0.885. The summed E-state index contributed by atoms with van der Waals surface area (Å²) in [6, 6.07) is 8.14. The van der Waals surface area contributed by atoms with E-state index in [2.05, 4.69) is 23.4 Å². The highest BCUT2D eigenvalue weighted by Crippen LogP contribution is 2.27. The number of hydrogen-bond acceptors (Lipinski definition) is 3. The molecule has 0 N–H and O–H groups in total. The van der Waals surface area contributed by atoms with Crippen molar-refractivity contribution in [2.45, 2.75) is 19.3 Å². The predicted molar refractivity (Wildman–Crippen MR) is 69.3 cm³/mol. The quantitative estimate of drug-likeness (QED) is 0.747. The van der Waals surface area contributed by atoms with E-state index in [9.17, 15) is 0 Å². The summed E-state index contributed by atoms with van der Waals surface area (Å²) in [4.78, 5) is 4.83. The van der Waals surface area contributed by atoms with Gasteiger partial charge in [0.1, 0.15) is 12.9 Å². The first kappa shape index (κ1) is 11.7. The Morgan fingerprint density at radius 1 is 1.06 bits per heavy atom. The lowest BCUT2D eigenvalue weighted by Gasteiger charge is -2.14. The molecule has 3 heteroatoms. The van der Waals surface area contributed by atoms with Gasteiger partial charge in [-0.3, -0.25) is 0 Å². The number of nitrogens with zero attached hydrogens (tertiary/aromatic N) is 1. The Hall–Kier alpha value is -1.77. The highest BCUT2D eigenvalue weighted by molar-refractivity contribution is 6.02. The molecule has 1 aromatic carbocycles. The van der Waals surface area contributed by atoms with Crippen LogP contribution in [0.3, 0.4) is 0 Å². The number of rotatable bonds is 3. The third-order valence-corrected chi connectivity index (χ3v) is 2.89. The van der Waals surface area contributed by atoms with Crippen molar-refractivity contribution in [3.05, 3.63) is 35.9 Å². The molecule has 0 aromatic heterocycles. The first-order valence-corrected chi connectivity index (χ1v) is 5.78. The van der Waals surface area contributed by atoms with Gasteiger partial charge in [-0.2, -0.15) is 0 Å². The molecule has 0 spiro atoms. The SMILES string of the molecule is CO/N=C1/C=C(c2ccc(OC)cc2)CCC1. The van der Waals surface area contributed by atoms with Gasteiger partial charge >= 0.3 is 0 Å². The molecule has 0 amide bonds. The van der Waals surface area contributed by atoms with Crippen molar-refractivity contribution in [2.24, 2.45) is 5.16 Å². The van der Waals surface area contributed by atoms with Crippen molar-refractivity contribution in [3.8, 4) is 5.75 Å². The second kappa shape index (κ2) is 5.53. The number of hydrogen-bond donors (Lipinski definition) is 0. The van der Waals surface area contributed by atoms with Gasteiger partial charge in [-0.05, 0) is 48.6 Å². The van der Waals surface area contributed by atoms with Gasteiger partial charge in [-0.25, -0.2) is 0 Å². The van der Waals surface area contributed by atoms with Gasteiger partial charge in [0.25, 0.3) is 0 Å². The van der Waals surface area contributed by atoms with Crippen LogP contribution in [0.25, 0.3) is 5.57 Å². The standard InChI is InChI=1S/C14H17NO2/c1-16-14-8-6-11(7-9-14)12-4-3-5-13(10-12)15-17-2/h6-10H,3-5H2,1-2H3/b15-13+. The molecule has 0 bridgehead atoms. The van der Waals surface area contributed by atoms with Gasteiger partial charge in [-0.15, -0.1) is 0 Å². The van der Waals surface area contributed by atoms with E-state index in [0.29, 0.717) is 0 Å². The highest BCUT2D eigenvalue weighted by atomic mass is 16.6. The molecule has 0 saturated carbocycles. The Bertz CT molecular complexity index is 432. The van der Waals surface area contributed by atoms with Crippen LogP contribution in [0.15, 0.2) is 35.5 Å². The summed E-state index contributed by atoms with van der Waals surface area (Å²) in [7, 11) is 3.26. The van der Waals surface area contributed by atoms with E-state index in [-0.39, 0.29) is 0 Å². The van der Waals surface area contributed by atoms with E-state index in [4.69, 9.17) is 9.57 Å². The van der Waals surface area contributed by atoms with E-state index in [0.717, 1.165) is 30.7 Å². The maximum Gasteiger partial charge on any atom is 0.118 e. The molecule has 0 saturated heterocycles. The Balaban J connectivity index is 2.23. The molecule has 90 valence electrons. The van der Waals surface area contributed by atoms with E-state index < -0.39 is 0 Å². The zero-order valence-corrected chi connectivity index (χ0v) is 10.3. The van der Waals surface area contributed by atoms with Crippen LogP contribution in [0.2, 0.25) is 0 Å². The lowest BCUT2D eigenvalue weighted by atomic mass is 9.93. The predicted octanol–water partition coefficient (Wildman–Crippen LogP) is 3.26. The fourth-order valence-electron chi connectivity index (χ4n) is 2.03. The number of allylic oxidation sites excluding steroid dienone is 2. The van der Waals surface area contributed by atoms with Crippen molar-refractivity contribution < 1.29 is 9.57 Å².